The molecule has 2 rings (SSSR count). The number of nitrogens with two attached hydrogens (primary N) is 2. The van der Waals surface area contributed by atoms with Crippen molar-refractivity contribution in [1.29, 1.82) is 0 Å². The number of benzene rings is 1. The van der Waals surface area contributed by atoms with Gasteiger partial charge < -0.3 is 11.5 Å². The standard InChI is InChI=1S/C15H22BrN3O/c1-15(2)9-19(8-7-12(15)17)13(14(18)20)10-3-5-11(16)6-4-10/h3-6,12-13H,7-9,17H2,1-2H3,(H2,18,20). The van der Waals surface area contributed by atoms with E-state index in [2.05, 4.69) is 34.7 Å². The summed E-state index contributed by atoms with van der Waals surface area (Å²) < 4.78 is 0.991. The molecule has 1 aliphatic heterocycles. The average molecular weight is 340 g/mol. The third-order valence-electron chi connectivity index (χ3n) is 4.16. The number of halogens is 1. The Kier molecular flexibility index (Phi) is 4.52. The fourth-order valence-corrected chi connectivity index (χ4v) is 3.10. The third-order valence-corrected chi connectivity index (χ3v) is 4.69. The Morgan fingerprint density at radius 1 is 1.40 bits per heavy atom. The monoisotopic (exact) mass is 339 g/mol. The first kappa shape index (κ1) is 15.5. The van der Waals surface area contributed by atoms with Crippen molar-refractivity contribution >= 4 is 21.8 Å². The summed E-state index contributed by atoms with van der Waals surface area (Å²) in [5.41, 5.74) is 12.7. The van der Waals surface area contributed by atoms with Crippen LogP contribution in [0, 0.1) is 5.41 Å². The van der Waals surface area contributed by atoms with Crippen molar-refractivity contribution in [2.24, 2.45) is 16.9 Å². The van der Waals surface area contributed by atoms with Gasteiger partial charge in [0.1, 0.15) is 6.04 Å². The fourth-order valence-electron chi connectivity index (χ4n) is 2.84. The van der Waals surface area contributed by atoms with Gasteiger partial charge in [0, 0.05) is 23.6 Å². The number of likely N-dealkylation sites (tertiary alicyclic amines) is 1. The van der Waals surface area contributed by atoms with E-state index < -0.39 is 0 Å². The summed E-state index contributed by atoms with van der Waals surface area (Å²) in [6, 6.07) is 7.55. The maximum atomic E-state index is 11.9. The van der Waals surface area contributed by atoms with Crippen LogP contribution in [0.5, 0.6) is 0 Å². The number of hydrogen-bond donors (Lipinski definition) is 2. The van der Waals surface area contributed by atoms with Gasteiger partial charge in [0.05, 0.1) is 0 Å². The van der Waals surface area contributed by atoms with Crippen molar-refractivity contribution in [1.82, 2.24) is 4.90 Å². The number of hydrogen-bond acceptors (Lipinski definition) is 3. The number of amides is 1. The minimum atomic E-state index is -0.380. The highest BCUT2D eigenvalue weighted by molar-refractivity contribution is 9.10. The van der Waals surface area contributed by atoms with Crippen molar-refractivity contribution in [2.45, 2.75) is 32.4 Å². The molecule has 110 valence electrons. The zero-order valence-corrected chi connectivity index (χ0v) is 13.6. The predicted octanol–water partition coefficient (Wildman–Crippen LogP) is 2.03. The molecule has 20 heavy (non-hydrogen) atoms. The molecule has 1 saturated heterocycles. The Balaban J connectivity index is 2.26. The lowest BCUT2D eigenvalue weighted by Gasteiger charge is -2.45. The molecule has 5 heteroatoms. The number of carbonyl (C=O) groups excluding carboxylic acids is 1. The molecule has 1 amide bonds. The molecule has 4 N–H and O–H groups in total. The van der Waals surface area contributed by atoms with E-state index in [-0.39, 0.29) is 23.4 Å². The van der Waals surface area contributed by atoms with Gasteiger partial charge in [0.25, 0.3) is 0 Å². The van der Waals surface area contributed by atoms with E-state index in [1.165, 1.54) is 0 Å². The van der Waals surface area contributed by atoms with Gasteiger partial charge in [-0.15, -0.1) is 0 Å². The van der Waals surface area contributed by atoms with E-state index in [4.69, 9.17) is 11.5 Å². The van der Waals surface area contributed by atoms with Gasteiger partial charge in [-0.1, -0.05) is 41.9 Å². The Morgan fingerprint density at radius 3 is 2.50 bits per heavy atom. The fraction of sp³-hybridized carbons (Fsp3) is 0.533. The zero-order chi connectivity index (χ0) is 14.9. The molecule has 0 aromatic heterocycles. The second-order valence-corrected chi connectivity index (χ2v) is 7.13. The smallest absolute Gasteiger partial charge is 0.239 e. The van der Waals surface area contributed by atoms with Crippen LogP contribution in [-0.4, -0.2) is 29.9 Å². The Morgan fingerprint density at radius 2 is 2.00 bits per heavy atom. The summed E-state index contributed by atoms with van der Waals surface area (Å²) in [6.07, 6.45) is 0.882. The van der Waals surface area contributed by atoms with Crippen molar-refractivity contribution in [3.63, 3.8) is 0 Å². The first-order valence-electron chi connectivity index (χ1n) is 6.85. The van der Waals surface area contributed by atoms with Gasteiger partial charge in [-0.2, -0.15) is 0 Å². The van der Waals surface area contributed by atoms with Crippen LogP contribution in [0.4, 0.5) is 0 Å². The highest BCUT2D eigenvalue weighted by Gasteiger charge is 2.38. The van der Waals surface area contributed by atoms with E-state index in [9.17, 15) is 4.79 Å². The van der Waals surface area contributed by atoms with Gasteiger partial charge >= 0.3 is 0 Å². The number of carbonyl (C=O) groups is 1. The molecule has 2 unspecified atom stereocenters. The summed E-state index contributed by atoms with van der Waals surface area (Å²) in [6.45, 7) is 5.86. The summed E-state index contributed by atoms with van der Waals surface area (Å²) in [4.78, 5) is 14.1. The maximum Gasteiger partial charge on any atom is 0.239 e. The number of nitrogens with zero attached hydrogens (tertiary/aromatic N) is 1. The predicted molar refractivity (Wildman–Crippen MR) is 84.0 cm³/mol. The number of primary amides is 1. The van der Waals surface area contributed by atoms with Crippen LogP contribution < -0.4 is 11.5 Å². The largest absolute Gasteiger partial charge is 0.368 e. The Hall–Kier alpha value is -0.910. The highest BCUT2D eigenvalue weighted by atomic mass is 79.9. The van der Waals surface area contributed by atoms with E-state index >= 15 is 0 Å². The molecule has 1 aromatic carbocycles. The summed E-state index contributed by atoms with van der Waals surface area (Å²) in [7, 11) is 0. The summed E-state index contributed by atoms with van der Waals surface area (Å²) >= 11 is 3.41. The molecule has 0 radical (unpaired) electrons. The lowest BCUT2D eigenvalue weighted by atomic mass is 9.79. The molecule has 1 heterocycles. The molecule has 0 saturated carbocycles. The minimum Gasteiger partial charge on any atom is -0.368 e. The average Bonchev–Trinajstić information content (AvgIpc) is 2.36. The van der Waals surface area contributed by atoms with Gasteiger partial charge in [-0.25, -0.2) is 0 Å². The van der Waals surface area contributed by atoms with Gasteiger partial charge in [0.15, 0.2) is 0 Å². The topological polar surface area (TPSA) is 72.3 Å². The maximum absolute atomic E-state index is 11.9. The van der Waals surface area contributed by atoms with E-state index in [1.807, 2.05) is 24.3 Å². The highest BCUT2D eigenvalue weighted by Crippen LogP contribution is 2.33. The Bertz CT molecular complexity index is 486. The van der Waals surface area contributed by atoms with E-state index in [0.29, 0.717) is 0 Å². The molecular weight excluding hydrogens is 318 g/mol. The van der Waals surface area contributed by atoms with E-state index in [0.717, 1.165) is 29.5 Å². The first-order valence-corrected chi connectivity index (χ1v) is 7.65. The van der Waals surface area contributed by atoms with Crippen LogP contribution in [0.3, 0.4) is 0 Å². The summed E-state index contributed by atoms with van der Waals surface area (Å²) in [5, 5.41) is 0. The molecule has 2 atom stereocenters. The van der Waals surface area contributed by atoms with Crippen molar-refractivity contribution in [3.05, 3.63) is 34.3 Å². The molecule has 0 aliphatic carbocycles. The van der Waals surface area contributed by atoms with Crippen molar-refractivity contribution in [3.8, 4) is 0 Å². The molecule has 1 aliphatic rings. The van der Waals surface area contributed by atoms with Crippen LogP contribution in [0.2, 0.25) is 0 Å². The second-order valence-electron chi connectivity index (χ2n) is 6.21. The molecule has 4 nitrogen and oxygen atoms in total. The molecular formula is C15H22BrN3O. The normalized spacial score (nSPS) is 24.3. The van der Waals surface area contributed by atoms with Crippen molar-refractivity contribution in [2.75, 3.05) is 13.1 Å². The third kappa shape index (κ3) is 3.22. The minimum absolute atomic E-state index is 0.0126. The SMILES string of the molecule is CC1(C)CN(C(C(N)=O)c2ccc(Br)cc2)CCC1N. The van der Waals surface area contributed by atoms with Crippen LogP contribution in [0.15, 0.2) is 28.7 Å². The lowest BCUT2D eigenvalue weighted by Crippen LogP contribution is -2.54. The molecule has 1 fully saturated rings. The first-order chi connectivity index (χ1) is 9.31. The van der Waals surface area contributed by atoms with Crippen LogP contribution >= 0.6 is 15.9 Å². The van der Waals surface area contributed by atoms with E-state index in [1.54, 1.807) is 0 Å². The van der Waals surface area contributed by atoms with Crippen molar-refractivity contribution < 1.29 is 4.79 Å². The Labute approximate surface area is 128 Å². The number of rotatable bonds is 3. The lowest BCUT2D eigenvalue weighted by molar-refractivity contribution is -0.125. The molecule has 0 bridgehead atoms. The molecule has 0 spiro atoms. The van der Waals surface area contributed by atoms with Crippen LogP contribution in [-0.2, 0) is 4.79 Å². The van der Waals surface area contributed by atoms with Crippen LogP contribution in [0.25, 0.3) is 0 Å². The summed E-state index contributed by atoms with van der Waals surface area (Å²) in [5.74, 6) is -0.307. The van der Waals surface area contributed by atoms with Gasteiger partial charge in [-0.05, 0) is 29.5 Å². The quantitative estimate of drug-likeness (QED) is 0.884. The zero-order valence-electron chi connectivity index (χ0n) is 12.0. The number of piperidine rings is 1. The van der Waals surface area contributed by atoms with Crippen LogP contribution in [0.1, 0.15) is 31.9 Å². The van der Waals surface area contributed by atoms with Gasteiger partial charge in [0.2, 0.25) is 5.91 Å². The van der Waals surface area contributed by atoms with Gasteiger partial charge in [-0.3, -0.25) is 9.69 Å². The second kappa shape index (κ2) is 5.84. The molecule has 1 aromatic rings.